The molecule has 0 N–H and O–H groups in total. The van der Waals surface area contributed by atoms with Gasteiger partial charge in [-0.25, -0.2) is 4.98 Å². The van der Waals surface area contributed by atoms with Crippen LogP contribution in [0.15, 0.2) is 23.3 Å². The van der Waals surface area contributed by atoms with Crippen LogP contribution in [0.25, 0.3) is 22.0 Å². The predicted octanol–water partition coefficient (Wildman–Crippen LogP) is 4.10. The monoisotopic (exact) mass is 453 g/mol. The van der Waals surface area contributed by atoms with E-state index in [1.165, 1.54) is 18.5 Å². The molecule has 0 fully saturated rings. The number of aryl methyl sites for hydroxylation is 1. The second-order valence-corrected chi connectivity index (χ2v) is 7.45. The van der Waals surface area contributed by atoms with E-state index in [9.17, 15) is 4.79 Å². The van der Waals surface area contributed by atoms with Crippen molar-refractivity contribution in [1.29, 1.82) is 0 Å². The Balaban J connectivity index is 0.000000541. The minimum atomic E-state index is 0.0791. The Hall–Kier alpha value is -1.40. The fourth-order valence-corrected chi connectivity index (χ4v) is 3.80. The third-order valence-electron chi connectivity index (χ3n) is 4.18. The lowest BCUT2D eigenvalue weighted by Gasteiger charge is -2.15. The van der Waals surface area contributed by atoms with Crippen LogP contribution in [-0.2, 0) is 6.54 Å². The standard InChI is InChI=1S/C16H19N3OS.C4H10.CH3Br/c1-4-9-19-10-17-14-13-11(18(2)3)7-5-6-8-12(13)21-15(14)16(19)20;1-3-4-2;1-2/h5-6,8,10H,4,7,9H2,1-3H3;3-4H2,1-2H3;1H3. The number of aromatic nitrogens is 2. The van der Waals surface area contributed by atoms with Crippen molar-refractivity contribution in [3.05, 3.63) is 38.6 Å². The van der Waals surface area contributed by atoms with Gasteiger partial charge in [0.15, 0.2) is 0 Å². The van der Waals surface area contributed by atoms with Crippen molar-refractivity contribution < 1.29 is 0 Å². The van der Waals surface area contributed by atoms with Gasteiger partial charge >= 0.3 is 0 Å². The maximum Gasteiger partial charge on any atom is 0.271 e. The van der Waals surface area contributed by atoms with Gasteiger partial charge in [-0.1, -0.05) is 61.7 Å². The summed E-state index contributed by atoms with van der Waals surface area (Å²) in [5.41, 5.74) is 2.13. The topological polar surface area (TPSA) is 38.1 Å². The van der Waals surface area contributed by atoms with Crippen LogP contribution in [0.1, 0.15) is 46.5 Å². The molecule has 3 rings (SSSR count). The number of fused-ring (bicyclic) bond motifs is 3. The number of rotatable bonds is 4. The number of hydrogen-bond donors (Lipinski definition) is 0. The smallest absolute Gasteiger partial charge is 0.271 e. The zero-order valence-electron chi connectivity index (χ0n) is 17.4. The Bertz CT molecular complexity index is 923. The van der Waals surface area contributed by atoms with E-state index in [2.05, 4.69) is 64.8 Å². The SMILES string of the molecule is CBr.CCCC.CCCn1cnc2c3c(sc2c1=O)=CC=CCC=3N(C)C. The molecule has 0 saturated carbocycles. The molecule has 0 aromatic carbocycles. The highest BCUT2D eigenvalue weighted by Crippen LogP contribution is 2.12. The molecular formula is C21H32BrN3OS. The van der Waals surface area contributed by atoms with Crippen LogP contribution in [0.3, 0.4) is 0 Å². The van der Waals surface area contributed by atoms with Crippen molar-refractivity contribution in [2.45, 2.75) is 53.0 Å². The maximum absolute atomic E-state index is 12.6. The molecule has 0 atom stereocenters. The molecule has 0 spiro atoms. The second-order valence-electron chi connectivity index (χ2n) is 6.40. The van der Waals surface area contributed by atoms with Crippen molar-refractivity contribution in [2.24, 2.45) is 0 Å². The minimum Gasteiger partial charge on any atom is -0.380 e. The molecule has 1 aliphatic rings. The average Bonchev–Trinajstić information content (AvgIpc) is 2.91. The molecule has 4 nitrogen and oxygen atoms in total. The Morgan fingerprint density at radius 2 is 1.85 bits per heavy atom. The van der Waals surface area contributed by atoms with Crippen molar-refractivity contribution in [3.8, 4) is 0 Å². The van der Waals surface area contributed by atoms with Gasteiger partial charge in [-0.05, 0) is 18.3 Å². The van der Waals surface area contributed by atoms with E-state index in [1.54, 1.807) is 22.2 Å². The molecule has 2 heterocycles. The summed E-state index contributed by atoms with van der Waals surface area (Å²) < 4.78 is 3.60. The molecule has 0 aliphatic heterocycles. The minimum absolute atomic E-state index is 0.0791. The third kappa shape index (κ3) is 5.79. The van der Waals surface area contributed by atoms with E-state index < -0.39 is 0 Å². The first kappa shape index (κ1) is 23.6. The number of unbranched alkanes of at least 4 members (excludes halogenated alkanes) is 1. The quantitative estimate of drug-likeness (QED) is 0.653. The van der Waals surface area contributed by atoms with Crippen molar-refractivity contribution in [1.82, 2.24) is 14.5 Å². The van der Waals surface area contributed by atoms with E-state index in [1.807, 2.05) is 19.9 Å². The summed E-state index contributed by atoms with van der Waals surface area (Å²) in [4.78, 5) is 19.3. The van der Waals surface area contributed by atoms with Gasteiger partial charge in [-0.2, -0.15) is 0 Å². The van der Waals surface area contributed by atoms with Gasteiger partial charge in [0.1, 0.15) is 4.70 Å². The molecule has 0 radical (unpaired) electrons. The van der Waals surface area contributed by atoms with Gasteiger partial charge in [0.2, 0.25) is 0 Å². The predicted molar refractivity (Wildman–Crippen MR) is 124 cm³/mol. The van der Waals surface area contributed by atoms with E-state index in [0.717, 1.165) is 39.4 Å². The van der Waals surface area contributed by atoms with Gasteiger partial charge in [0, 0.05) is 42.5 Å². The second kappa shape index (κ2) is 12.1. The summed E-state index contributed by atoms with van der Waals surface area (Å²) in [6, 6.07) is 0. The summed E-state index contributed by atoms with van der Waals surface area (Å²) >= 11 is 4.49. The van der Waals surface area contributed by atoms with E-state index in [0.29, 0.717) is 0 Å². The average molecular weight is 454 g/mol. The molecule has 150 valence electrons. The van der Waals surface area contributed by atoms with E-state index in [4.69, 9.17) is 0 Å². The first-order chi connectivity index (χ1) is 13.0. The molecule has 1 aliphatic carbocycles. The third-order valence-corrected chi connectivity index (χ3v) is 5.31. The summed E-state index contributed by atoms with van der Waals surface area (Å²) in [6.07, 6.45) is 12.4. The Labute approximate surface area is 175 Å². The van der Waals surface area contributed by atoms with Crippen molar-refractivity contribution in [2.75, 3.05) is 19.9 Å². The zero-order chi connectivity index (χ0) is 20.4. The molecule has 27 heavy (non-hydrogen) atoms. The molecular weight excluding hydrogens is 422 g/mol. The summed E-state index contributed by atoms with van der Waals surface area (Å²) in [5, 5.41) is 1.12. The van der Waals surface area contributed by atoms with Crippen LogP contribution in [0, 0.1) is 0 Å². The molecule has 2 aromatic heterocycles. The van der Waals surface area contributed by atoms with Gasteiger partial charge in [0.25, 0.3) is 5.56 Å². The lowest BCUT2D eigenvalue weighted by Crippen LogP contribution is -2.28. The number of hydrogen-bond acceptors (Lipinski definition) is 4. The van der Waals surface area contributed by atoms with Crippen LogP contribution in [0.5, 0.6) is 0 Å². The van der Waals surface area contributed by atoms with Crippen LogP contribution in [-0.4, -0.2) is 34.4 Å². The van der Waals surface area contributed by atoms with Gasteiger partial charge in [-0.3, -0.25) is 9.36 Å². The highest BCUT2D eigenvalue weighted by Gasteiger charge is 2.13. The molecule has 0 bridgehead atoms. The summed E-state index contributed by atoms with van der Waals surface area (Å²) in [5.74, 6) is 1.81. The Morgan fingerprint density at radius 1 is 1.19 bits per heavy atom. The molecule has 0 amide bonds. The molecule has 2 aromatic rings. The largest absolute Gasteiger partial charge is 0.380 e. The lowest BCUT2D eigenvalue weighted by molar-refractivity contribution is 0.573. The molecule has 0 saturated heterocycles. The van der Waals surface area contributed by atoms with Gasteiger partial charge < -0.3 is 4.90 Å². The number of allylic oxidation sites excluding steroid dienone is 1. The van der Waals surface area contributed by atoms with E-state index >= 15 is 0 Å². The van der Waals surface area contributed by atoms with Crippen LogP contribution >= 0.6 is 27.3 Å². The summed E-state index contributed by atoms with van der Waals surface area (Å²) in [7, 11) is 4.08. The molecule has 6 heteroatoms. The lowest BCUT2D eigenvalue weighted by atomic mass is 10.2. The number of alkyl halides is 1. The first-order valence-corrected chi connectivity index (χ1v) is 11.9. The maximum atomic E-state index is 12.6. The Morgan fingerprint density at radius 3 is 2.41 bits per heavy atom. The van der Waals surface area contributed by atoms with Gasteiger partial charge in [-0.15, -0.1) is 11.3 Å². The fraction of sp³-hybridized carbons (Fsp3) is 0.524. The number of thiophene rings is 1. The highest BCUT2D eigenvalue weighted by atomic mass is 79.9. The van der Waals surface area contributed by atoms with E-state index in [-0.39, 0.29) is 5.56 Å². The summed E-state index contributed by atoms with van der Waals surface area (Å²) in [6.45, 7) is 7.15. The fourth-order valence-electron chi connectivity index (χ4n) is 2.66. The van der Waals surface area contributed by atoms with Crippen LogP contribution in [0.4, 0.5) is 0 Å². The first-order valence-electron chi connectivity index (χ1n) is 9.48. The number of halogens is 1. The van der Waals surface area contributed by atoms with Crippen molar-refractivity contribution in [3.63, 3.8) is 0 Å². The van der Waals surface area contributed by atoms with Crippen LogP contribution in [0.2, 0.25) is 0 Å². The Kier molecular flexibility index (Phi) is 10.6. The highest BCUT2D eigenvalue weighted by molar-refractivity contribution is 9.08. The van der Waals surface area contributed by atoms with Crippen LogP contribution < -0.4 is 15.3 Å². The molecule has 0 unspecified atom stereocenters. The van der Waals surface area contributed by atoms with Gasteiger partial charge in [0.05, 0.1) is 11.8 Å². The number of nitrogens with zero attached hydrogens (tertiary/aromatic N) is 3. The zero-order valence-corrected chi connectivity index (χ0v) is 19.8. The normalized spacial score (nSPS) is 12.2. The van der Waals surface area contributed by atoms with Crippen molar-refractivity contribution >= 4 is 49.3 Å².